The summed E-state index contributed by atoms with van der Waals surface area (Å²) < 4.78 is 0. The fraction of sp³-hybridized carbons (Fsp3) is 0.455. The molecular weight excluding hydrogens is 400 g/mol. The molecule has 2 rings (SSSR count). The minimum atomic E-state index is -0.670. The van der Waals surface area contributed by atoms with Gasteiger partial charge in [0.2, 0.25) is 5.91 Å². The Kier molecular flexibility index (Phi) is 10.3. The molecule has 0 spiro atoms. The van der Waals surface area contributed by atoms with E-state index < -0.39 is 6.04 Å². The summed E-state index contributed by atoms with van der Waals surface area (Å²) in [5.74, 6) is -0.203. The highest BCUT2D eigenvalue weighted by atomic mass is 32.1. The van der Waals surface area contributed by atoms with Gasteiger partial charge in [0.15, 0.2) is 0 Å². The fourth-order valence-electron chi connectivity index (χ4n) is 2.95. The first-order valence-electron chi connectivity index (χ1n) is 10.1. The van der Waals surface area contributed by atoms with E-state index in [1.165, 1.54) is 0 Å². The molecule has 0 aliphatic carbocycles. The van der Waals surface area contributed by atoms with Gasteiger partial charge in [0.05, 0.1) is 6.61 Å². The smallest absolute Gasteiger partial charge is 0.318 e. The Bertz CT molecular complexity index is 753. The Morgan fingerprint density at radius 3 is 2.47 bits per heavy atom. The van der Waals surface area contributed by atoms with Crippen molar-refractivity contribution in [1.29, 1.82) is 0 Å². The van der Waals surface area contributed by atoms with Crippen molar-refractivity contribution in [3.8, 4) is 0 Å². The molecule has 2 aromatic rings. The number of nitrogens with zero attached hydrogens (tertiary/aromatic N) is 2. The van der Waals surface area contributed by atoms with Crippen LogP contribution >= 0.6 is 11.3 Å². The third kappa shape index (κ3) is 8.52. The van der Waals surface area contributed by atoms with Gasteiger partial charge in [-0.25, -0.2) is 4.79 Å². The molecule has 164 valence electrons. The predicted molar refractivity (Wildman–Crippen MR) is 121 cm³/mol. The number of amides is 3. The number of carbonyl (C=O) groups is 2. The standard InChI is InChI=1S/C22H32N4O3S/c1-25(2)13-11-23-21(28)20(17-19-9-6-16-30-19)24-22(29)26(14-15-27)12-10-18-7-4-3-5-8-18/h3-9,16,20,27H,10-15,17H2,1-2H3,(H,23,28)(H,24,29)/t20-/m0/s1. The zero-order valence-electron chi connectivity index (χ0n) is 17.7. The molecule has 0 aliphatic heterocycles. The lowest BCUT2D eigenvalue weighted by molar-refractivity contribution is -0.122. The monoisotopic (exact) mass is 432 g/mol. The molecular formula is C22H32N4O3S. The van der Waals surface area contributed by atoms with Crippen LogP contribution < -0.4 is 10.6 Å². The van der Waals surface area contributed by atoms with Gasteiger partial charge < -0.3 is 25.5 Å². The molecule has 0 saturated heterocycles. The number of rotatable bonds is 12. The van der Waals surface area contributed by atoms with Crippen molar-refractivity contribution in [1.82, 2.24) is 20.4 Å². The molecule has 1 aromatic heterocycles. The van der Waals surface area contributed by atoms with E-state index in [0.717, 1.165) is 17.0 Å². The second kappa shape index (κ2) is 13.0. The third-order valence-electron chi connectivity index (χ3n) is 4.63. The number of nitrogens with one attached hydrogen (secondary N) is 2. The maximum atomic E-state index is 12.9. The van der Waals surface area contributed by atoms with E-state index in [-0.39, 0.29) is 25.1 Å². The van der Waals surface area contributed by atoms with Crippen molar-refractivity contribution < 1.29 is 14.7 Å². The molecule has 0 aliphatic rings. The Hall–Kier alpha value is -2.42. The predicted octanol–water partition coefficient (Wildman–Crippen LogP) is 1.58. The summed E-state index contributed by atoms with van der Waals surface area (Å²) in [5.41, 5.74) is 1.12. The lowest BCUT2D eigenvalue weighted by Crippen LogP contribution is -2.53. The summed E-state index contributed by atoms with van der Waals surface area (Å²) in [6.45, 7) is 1.78. The number of aliphatic hydroxyl groups is 1. The van der Waals surface area contributed by atoms with Gasteiger partial charge in [-0.2, -0.15) is 0 Å². The van der Waals surface area contributed by atoms with Crippen molar-refractivity contribution in [2.45, 2.75) is 18.9 Å². The lowest BCUT2D eigenvalue weighted by Gasteiger charge is -2.26. The van der Waals surface area contributed by atoms with E-state index in [1.807, 2.05) is 66.8 Å². The highest BCUT2D eigenvalue weighted by Crippen LogP contribution is 2.12. The van der Waals surface area contributed by atoms with E-state index in [4.69, 9.17) is 0 Å². The molecule has 0 radical (unpaired) electrons. The number of hydrogen-bond donors (Lipinski definition) is 3. The van der Waals surface area contributed by atoms with Gasteiger partial charge in [0, 0.05) is 37.5 Å². The molecule has 8 heteroatoms. The molecule has 0 unspecified atom stereocenters. The highest BCUT2D eigenvalue weighted by molar-refractivity contribution is 7.09. The molecule has 7 nitrogen and oxygen atoms in total. The van der Waals surface area contributed by atoms with Gasteiger partial charge in [-0.1, -0.05) is 36.4 Å². The van der Waals surface area contributed by atoms with Gasteiger partial charge in [-0.15, -0.1) is 11.3 Å². The number of likely N-dealkylation sites (N-methyl/N-ethyl adjacent to an activating group) is 1. The van der Waals surface area contributed by atoms with Gasteiger partial charge in [-0.3, -0.25) is 4.79 Å². The van der Waals surface area contributed by atoms with Crippen LogP contribution in [0.2, 0.25) is 0 Å². The Labute approximate surface area is 182 Å². The summed E-state index contributed by atoms with van der Waals surface area (Å²) >= 11 is 1.56. The van der Waals surface area contributed by atoms with Crippen LogP contribution in [0.15, 0.2) is 47.8 Å². The normalized spacial score (nSPS) is 11.9. The number of urea groups is 1. The summed E-state index contributed by atoms with van der Waals surface area (Å²) in [7, 11) is 3.88. The van der Waals surface area contributed by atoms with Crippen LogP contribution in [-0.2, 0) is 17.6 Å². The zero-order chi connectivity index (χ0) is 21.8. The number of thiophene rings is 1. The zero-order valence-corrected chi connectivity index (χ0v) is 18.5. The van der Waals surface area contributed by atoms with E-state index in [2.05, 4.69) is 10.6 Å². The van der Waals surface area contributed by atoms with Crippen molar-refractivity contribution >= 4 is 23.3 Å². The van der Waals surface area contributed by atoms with Crippen molar-refractivity contribution in [3.63, 3.8) is 0 Å². The highest BCUT2D eigenvalue weighted by Gasteiger charge is 2.24. The first kappa shape index (κ1) is 23.9. The molecule has 3 amide bonds. The topological polar surface area (TPSA) is 84.9 Å². The van der Waals surface area contributed by atoms with Gasteiger partial charge in [-0.05, 0) is 37.5 Å². The van der Waals surface area contributed by atoms with Crippen LogP contribution in [0.5, 0.6) is 0 Å². The minimum Gasteiger partial charge on any atom is -0.395 e. The molecule has 3 N–H and O–H groups in total. The first-order chi connectivity index (χ1) is 14.5. The van der Waals surface area contributed by atoms with Gasteiger partial charge >= 0.3 is 6.03 Å². The van der Waals surface area contributed by atoms with Crippen LogP contribution in [0.25, 0.3) is 0 Å². The molecule has 0 saturated carbocycles. The summed E-state index contributed by atoms with van der Waals surface area (Å²) in [5, 5.41) is 17.1. The average Bonchev–Trinajstić information content (AvgIpc) is 3.24. The Morgan fingerprint density at radius 2 is 1.83 bits per heavy atom. The lowest BCUT2D eigenvalue weighted by atomic mass is 10.1. The molecule has 0 bridgehead atoms. The second-order valence-corrected chi connectivity index (χ2v) is 8.36. The van der Waals surface area contributed by atoms with E-state index in [9.17, 15) is 14.7 Å². The number of hydrogen-bond acceptors (Lipinski definition) is 5. The molecule has 30 heavy (non-hydrogen) atoms. The second-order valence-electron chi connectivity index (χ2n) is 7.33. The molecule has 0 fully saturated rings. The van der Waals surface area contributed by atoms with E-state index in [1.54, 1.807) is 16.2 Å². The number of aliphatic hydroxyl groups excluding tert-OH is 1. The Morgan fingerprint density at radius 1 is 1.07 bits per heavy atom. The maximum Gasteiger partial charge on any atom is 0.318 e. The number of benzene rings is 1. The summed E-state index contributed by atoms with van der Waals surface area (Å²) in [6, 6.07) is 12.8. The van der Waals surface area contributed by atoms with Gasteiger partial charge in [0.1, 0.15) is 6.04 Å². The quantitative estimate of drug-likeness (QED) is 0.476. The molecule has 1 atom stereocenters. The molecule has 1 aromatic carbocycles. The SMILES string of the molecule is CN(C)CCNC(=O)[C@H](Cc1cccs1)NC(=O)N(CCO)CCc1ccccc1. The van der Waals surface area contributed by atoms with Crippen LogP contribution in [0.1, 0.15) is 10.4 Å². The van der Waals surface area contributed by atoms with Crippen LogP contribution in [0.3, 0.4) is 0 Å². The average molecular weight is 433 g/mol. The van der Waals surface area contributed by atoms with Crippen LogP contribution in [0.4, 0.5) is 4.79 Å². The first-order valence-corrected chi connectivity index (χ1v) is 11.0. The van der Waals surface area contributed by atoms with Crippen LogP contribution in [0, 0.1) is 0 Å². The van der Waals surface area contributed by atoms with Gasteiger partial charge in [0.25, 0.3) is 0 Å². The Balaban J connectivity index is 2.00. The molecule has 1 heterocycles. The van der Waals surface area contributed by atoms with Crippen molar-refractivity contribution in [2.24, 2.45) is 0 Å². The van der Waals surface area contributed by atoms with E-state index >= 15 is 0 Å². The summed E-state index contributed by atoms with van der Waals surface area (Å²) in [4.78, 5) is 30.2. The minimum absolute atomic E-state index is 0.132. The maximum absolute atomic E-state index is 12.9. The third-order valence-corrected chi connectivity index (χ3v) is 5.53. The van der Waals surface area contributed by atoms with Crippen LogP contribution in [-0.4, -0.2) is 79.8 Å². The van der Waals surface area contributed by atoms with Crippen molar-refractivity contribution in [2.75, 3.05) is 46.9 Å². The summed E-state index contributed by atoms with van der Waals surface area (Å²) in [6.07, 6.45) is 1.11. The number of carbonyl (C=O) groups excluding carboxylic acids is 2. The van der Waals surface area contributed by atoms with Crippen molar-refractivity contribution in [3.05, 3.63) is 58.3 Å². The largest absolute Gasteiger partial charge is 0.395 e. The van der Waals surface area contributed by atoms with E-state index in [0.29, 0.717) is 25.9 Å². The fourth-order valence-corrected chi connectivity index (χ4v) is 3.70.